The van der Waals surface area contributed by atoms with Crippen LogP contribution in [-0.2, 0) is 21.4 Å². The fourth-order valence-corrected chi connectivity index (χ4v) is 0.649. The molecule has 0 saturated carbocycles. The van der Waals surface area contributed by atoms with E-state index in [2.05, 4.69) is 21.4 Å². The van der Waals surface area contributed by atoms with Crippen molar-refractivity contribution in [2.24, 2.45) is 0 Å². The summed E-state index contributed by atoms with van der Waals surface area (Å²) in [6.07, 6.45) is 0. The third-order valence-corrected chi connectivity index (χ3v) is 0.989. The highest BCUT2D eigenvalue weighted by Crippen LogP contribution is 2.48. The SMILES string of the molecule is CC(C)(C)OOP(O)(=S)Cl. The summed E-state index contributed by atoms with van der Waals surface area (Å²) in [4.78, 5) is 13.4. The van der Waals surface area contributed by atoms with E-state index in [0.717, 1.165) is 0 Å². The maximum atomic E-state index is 8.73. The highest BCUT2D eigenvalue weighted by Gasteiger charge is 2.17. The molecule has 0 aliphatic heterocycles. The maximum Gasteiger partial charge on any atom is 0.309 e. The lowest BCUT2D eigenvalue weighted by atomic mass is 10.2. The van der Waals surface area contributed by atoms with Crippen molar-refractivity contribution in [1.29, 1.82) is 0 Å². The second-order valence-electron chi connectivity index (χ2n) is 2.72. The minimum Gasteiger partial charge on any atom is -0.332 e. The molecule has 62 valence electrons. The Kier molecular flexibility index (Phi) is 3.76. The first-order valence-corrected chi connectivity index (χ1v) is 6.18. The first-order chi connectivity index (χ1) is 4.21. The molecule has 0 aromatic carbocycles. The van der Waals surface area contributed by atoms with Crippen LogP contribution in [0, 0.1) is 0 Å². The monoisotopic (exact) mass is 204 g/mol. The van der Waals surface area contributed by atoms with Gasteiger partial charge in [-0.15, -0.1) is 0 Å². The predicted molar refractivity (Wildman–Crippen MR) is 44.3 cm³/mol. The van der Waals surface area contributed by atoms with E-state index in [4.69, 9.17) is 16.1 Å². The van der Waals surface area contributed by atoms with E-state index in [9.17, 15) is 0 Å². The molecule has 1 unspecified atom stereocenters. The van der Waals surface area contributed by atoms with Gasteiger partial charge < -0.3 is 4.89 Å². The van der Waals surface area contributed by atoms with Gasteiger partial charge in [0.25, 0.3) is 0 Å². The van der Waals surface area contributed by atoms with Crippen molar-refractivity contribution in [3.63, 3.8) is 0 Å². The number of hydrogen-bond acceptors (Lipinski definition) is 3. The predicted octanol–water partition coefficient (Wildman–Crippen LogP) is 2.19. The topological polar surface area (TPSA) is 38.7 Å². The maximum absolute atomic E-state index is 8.73. The van der Waals surface area contributed by atoms with E-state index in [1.54, 1.807) is 20.8 Å². The summed E-state index contributed by atoms with van der Waals surface area (Å²) >= 11 is 9.51. The summed E-state index contributed by atoms with van der Waals surface area (Å²) in [5, 5.41) is 0. The molecule has 0 aromatic heterocycles. The molecule has 0 amide bonds. The van der Waals surface area contributed by atoms with Crippen molar-refractivity contribution in [2.75, 3.05) is 0 Å². The molecule has 10 heavy (non-hydrogen) atoms. The molecule has 0 aliphatic rings. The first-order valence-electron chi connectivity index (χ1n) is 2.60. The van der Waals surface area contributed by atoms with Crippen LogP contribution in [0.2, 0.25) is 0 Å². The zero-order valence-corrected chi connectivity index (χ0v) is 8.46. The van der Waals surface area contributed by atoms with Gasteiger partial charge in [-0.25, -0.2) is 4.89 Å². The smallest absolute Gasteiger partial charge is 0.309 e. The van der Waals surface area contributed by atoms with Crippen LogP contribution < -0.4 is 0 Å². The molecular formula is C4H10ClO3PS. The Morgan fingerprint density at radius 3 is 2.00 bits per heavy atom. The van der Waals surface area contributed by atoms with Crippen molar-refractivity contribution in [1.82, 2.24) is 0 Å². The van der Waals surface area contributed by atoms with Crippen molar-refractivity contribution < 1.29 is 14.5 Å². The van der Waals surface area contributed by atoms with Crippen molar-refractivity contribution >= 4 is 28.9 Å². The molecule has 0 fully saturated rings. The molecular weight excluding hydrogens is 195 g/mol. The van der Waals surface area contributed by atoms with Gasteiger partial charge in [-0.3, -0.25) is 0 Å². The Morgan fingerprint density at radius 1 is 1.50 bits per heavy atom. The average molecular weight is 205 g/mol. The molecule has 0 radical (unpaired) electrons. The van der Waals surface area contributed by atoms with Gasteiger partial charge in [0, 0.05) is 0 Å². The van der Waals surface area contributed by atoms with Gasteiger partial charge in [-0.1, -0.05) is 0 Å². The lowest BCUT2D eigenvalue weighted by Crippen LogP contribution is -2.17. The summed E-state index contributed by atoms with van der Waals surface area (Å²) in [7, 11) is 0. The lowest BCUT2D eigenvalue weighted by molar-refractivity contribution is -0.272. The molecule has 0 rings (SSSR count). The highest BCUT2D eigenvalue weighted by atomic mass is 35.7. The van der Waals surface area contributed by atoms with Gasteiger partial charge in [0.2, 0.25) is 0 Å². The standard InChI is InChI=1S/C4H10ClO3PS/c1-4(2,3)7-8-9(5,6)10/h1-3H3,(H,6,10). The normalized spacial score (nSPS) is 18.5. The van der Waals surface area contributed by atoms with Gasteiger partial charge in [-0.2, -0.15) is 4.67 Å². The van der Waals surface area contributed by atoms with E-state index in [1.807, 2.05) is 0 Å². The van der Waals surface area contributed by atoms with Crippen molar-refractivity contribution in [3.8, 4) is 0 Å². The Labute approximate surface area is 70.2 Å². The zero-order valence-electron chi connectivity index (χ0n) is 6.00. The fraction of sp³-hybridized carbons (Fsp3) is 1.00. The summed E-state index contributed by atoms with van der Waals surface area (Å²) in [5.74, 6) is -3.18. The zero-order chi connectivity index (χ0) is 8.41. The van der Waals surface area contributed by atoms with Crippen LogP contribution in [-0.4, -0.2) is 10.5 Å². The molecule has 0 aliphatic carbocycles. The molecule has 0 aromatic rings. The van der Waals surface area contributed by atoms with Crippen LogP contribution in [0.25, 0.3) is 0 Å². The Hall–Kier alpha value is 0.820. The molecule has 3 nitrogen and oxygen atoms in total. The molecule has 0 bridgehead atoms. The minimum atomic E-state index is -3.18. The lowest BCUT2D eigenvalue weighted by Gasteiger charge is -2.18. The molecule has 6 heteroatoms. The van der Waals surface area contributed by atoms with E-state index in [-0.39, 0.29) is 0 Å². The highest BCUT2D eigenvalue weighted by molar-refractivity contribution is 8.21. The van der Waals surface area contributed by atoms with E-state index >= 15 is 0 Å². The fourth-order valence-electron chi connectivity index (χ4n) is 0.158. The summed E-state index contributed by atoms with van der Waals surface area (Å²) in [5.41, 5.74) is -0.498. The third kappa shape index (κ3) is 8.82. The minimum absolute atomic E-state index is 0.498. The van der Waals surface area contributed by atoms with Crippen LogP contribution in [0.4, 0.5) is 0 Å². The van der Waals surface area contributed by atoms with Crippen molar-refractivity contribution in [2.45, 2.75) is 26.4 Å². The van der Waals surface area contributed by atoms with E-state index in [1.165, 1.54) is 0 Å². The van der Waals surface area contributed by atoms with E-state index < -0.39 is 11.4 Å². The van der Waals surface area contributed by atoms with Crippen LogP contribution >= 0.6 is 17.1 Å². The molecule has 0 spiro atoms. The van der Waals surface area contributed by atoms with Gasteiger partial charge in [0.05, 0.1) is 5.60 Å². The van der Waals surface area contributed by atoms with E-state index in [0.29, 0.717) is 0 Å². The number of halogens is 1. The largest absolute Gasteiger partial charge is 0.332 e. The van der Waals surface area contributed by atoms with Gasteiger partial charge in [0.1, 0.15) is 0 Å². The third-order valence-electron chi connectivity index (χ3n) is 0.379. The van der Waals surface area contributed by atoms with Gasteiger partial charge in [0.15, 0.2) is 0 Å². The Morgan fingerprint density at radius 2 is 1.90 bits per heavy atom. The molecule has 1 N–H and O–H groups in total. The second kappa shape index (κ2) is 3.48. The summed E-state index contributed by atoms with van der Waals surface area (Å²) < 4.78 is 4.34. The number of hydrogen-bond donors (Lipinski definition) is 1. The summed E-state index contributed by atoms with van der Waals surface area (Å²) in [6, 6.07) is 0. The molecule has 0 saturated heterocycles. The summed E-state index contributed by atoms with van der Waals surface area (Å²) in [6.45, 7) is 5.28. The Bertz CT molecular complexity index is 149. The number of rotatable bonds is 2. The van der Waals surface area contributed by atoms with Crippen LogP contribution in [0.5, 0.6) is 0 Å². The van der Waals surface area contributed by atoms with Gasteiger partial charge >= 0.3 is 5.84 Å². The second-order valence-corrected chi connectivity index (χ2v) is 7.23. The first kappa shape index (κ1) is 10.8. The van der Waals surface area contributed by atoms with Crippen molar-refractivity contribution in [3.05, 3.63) is 0 Å². The van der Waals surface area contributed by atoms with Crippen LogP contribution in [0.1, 0.15) is 20.8 Å². The average Bonchev–Trinajstić information content (AvgIpc) is 1.57. The Balaban J connectivity index is 3.67. The quantitative estimate of drug-likeness (QED) is 0.425. The molecule has 0 heterocycles. The van der Waals surface area contributed by atoms with Gasteiger partial charge in [-0.05, 0) is 43.8 Å². The molecule has 1 atom stereocenters. The van der Waals surface area contributed by atoms with Crippen LogP contribution in [0.3, 0.4) is 0 Å². The van der Waals surface area contributed by atoms with Crippen LogP contribution in [0.15, 0.2) is 0 Å².